The second-order valence-electron chi connectivity index (χ2n) is 5.94. The summed E-state index contributed by atoms with van der Waals surface area (Å²) < 4.78 is 33.9. The molecule has 1 aromatic heterocycles. The average Bonchev–Trinajstić information content (AvgIpc) is 3.22. The fraction of sp³-hybridized carbons (Fsp3) is 0.158. The number of ether oxygens (including phenoxy) is 1. The van der Waals surface area contributed by atoms with Crippen LogP contribution in [0.1, 0.15) is 10.4 Å². The Morgan fingerprint density at radius 3 is 2.54 bits per heavy atom. The van der Waals surface area contributed by atoms with Crippen LogP contribution in [-0.2, 0) is 14.8 Å². The fourth-order valence-electron chi connectivity index (χ4n) is 2.63. The van der Waals surface area contributed by atoms with Gasteiger partial charge in [0.15, 0.2) is 0 Å². The fourth-order valence-corrected chi connectivity index (χ4v) is 3.72. The monoisotopic (exact) mass is 401 g/mol. The lowest BCUT2D eigenvalue weighted by Gasteiger charge is -2.11. The molecule has 3 aromatic rings. The van der Waals surface area contributed by atoms with Crippen molar-refractivity contribution in [1.82, 2.24) is 14.5 Å². The summed E-state index contributed by atoms with van der Waals surface area (Å²) in [6.07, 6.45) is 3.47. The number of aromatic carboxylic acids is 1. The summed E-state index contributed by atoms with van der Waals surface area (Å²) in [4.78, 5) is 11.4. The largest absolute Gasteiger partial charge is 0.478 e. The van der Waals surface area contributed by atoms with Gasteiger partial charge in [-0.3, -0.25) is 0 Å². The molecule has 0 saturated carbocycles. The molecule has 28 heavy (non-hydrogen) atoms. The number of hydrogen-bond donors (Lipinski definition) is 2. The van der Waals surface area contributed by atoms with E-state index in [-0.39, 0.29) is 23.6 Å². The van der Waals surface area contributed by atoms with E-state index in [2.05, 4.69) is 9.82 Å². The lowest BCUT2D eigenvalue weighted by molar-refractivity contribution is 0.0696. The van der Waals surface area contributed by atoms with E-state index in [4.69, 9.17) is 4.74 Å². The minimum absolute atomic E-state index is 0.0873. The summed E-state index contributed by atoms with van der Waals surface area (Å²) in [7, 11) is -2.41. The third kappa shape index (κ3) is 4.45. The number of aromatic nitrogens is 2. The van der Waals surface area contributed by atoms with Crippen LogP contribution in [0.3, 0.4) is 0 Å². The van der Waals surface area contributed by atoms with Crippen molar-refractivity contribution in [3.63, 3.8) is 0 Å². The van der Waals surface area contributed by atoms with Gasteiger partial charge in [-0.05, 0) is 47.5 Å². The first-order chi connectivity index (χ1) is 13.4. The molecule has 0 aliphatic heterocycles. The van der Waals surface area contributed by atoms with Gasteiger partial charge in [0.1, 0.15) is 0 Å². The van der Waals surface area contributed by atoms with Gasteiger partial charge in [-0.15, -0.1) is 0 Å². The van der Waals surface area contributed by atoms with E-state index in [1.807, 2.05) is 12.1 Å². The first kappa shape index (κ1) is 19.7. The van der Waals surface area contributed by atoms with Gasteiger partial charge in [-0.25, -0.2) is 22.6 Å². The number of rotatable bonds is 8. The number of carboxylic acids is 1. The molecule has 0 unspecified atom stereocenters. The van der Waals surface area contributed by atoms with Gasteiger partial charge in [0.2, 0.25) is 10.0 Å². The Morgan fingerprint density at radius 2 is 1.93 bits per heavy atom. The molecule has 0 aliphatic carbocycles. The maximum Gasteiger partial charge on any atom is 0.335 e. The lowest BCUT2D eigenvalue weighted by atomic mass is 10.0. The molecule has 3 rings (SSSR count). The van der Waals surface area contributed by atoms with E-state index in [0.717, 1.165) is 11.8 Å². The minimum atomic E-state index is -3.87. The summed E-state index contributed by atoms with van der Waals surface area (Å²) in [5.41, 5.74) is 1.89. The van der Waals surface area contributed by atoms with Crippen LogP contribution in [0.25, 0.3) is 16.8 Å². The van der Waals surface area contributed by atoms with Gasteiger partial charge in [-0.1, -0.05) is 12.1 Å². The van der Waals surface area contributed by atoms with Crippen molar-refractivity contribution < 1.29 is 23.1 Å². The number of sulfonamides is 1. The number of nitrogens with one attached hydrogen (secondary N) is 1. The second kappa shape index (κ2) is 8.34. The molecule has 2 aromatic carbocycles. The maximum absolute atomic E-state index is 12.5. The van der Waals surface area contributed by atoms with E-state index < -0.39 is 16.0 Å². The van der Waals surface area contributed by atoms with E-state index >= 15 is 0 Å². The maximum atomic E-state index is 12.5. The van der Waals surface area contributed by atoms with Crippen LogP contribution in [0.4, 0.5) is 0 Å². The number of carboxylic acid groups (broad SMARTS) is 1. The van der Waals surface area contributed by atoms with E-state index in [1.54, 1.807) is 35.3 Å². The molecular weight excluding hydrogens is 382 g/mol. The van der Waals surface area contributed by atoms with Crippen LogP contribution >= 0.6 is 0 Å². The van der Waals surface area contributed by atoms with Gasteiger partial charge in [-0.2, -0.15) is 5.10 Å². The SMILES string of the molecule is COCCNS(=O)(=O)c1cc(C(=O)O)cc(-c2ccc(-n3cccn3)cc2)c1. The minimum Gasteiger partial charge on any atom is -0.478 e. The molecule has 1 heterocycles. The molecule has 0 amide bonds. The van der Waals surface area contributed by atoms with Crippen molar-refractivity contribution in [2.24, 2.45) is 0 Å². The Hall–Kier alpha value is -3.01. The molecule has 8 nitrogen and oxygen atoms in total. The Balaban J connectivity index is 1.99. The summed E-state index contributed by atoms with van der Waals surface area (Å²) in [5, 5.41) is 13.5. The lowest BCUT2D eigenvalue weighted by Crippen LogP contribution is -2.27. The van der Waals surface area contributed by atoms with Gasteiger partial charge < -0.3 is 9.84 Å². The molecule has 146 valence electrons. The summed E-state index contributed by atoms with van der Waals surface area (Å²) >= 11 is 0. The number of nitrogens with zero attached hydrogens (tertiary/aromatic N) is 2. The Morgan fingerprint density at radius 1 is 1.18 bits per heavy atom. The van der Waals surface area contributed by atoms with E-state index in [1.165, 1.54) is 19.2 Å². The Labute approximate surface area is 162 Å². The van der Waals surface area contributed by atoms with Crippen molar-refractivity contribution in [2.75, 3.05) is 20.3 Å². The zero-order valence-electron chi connectivity index (χ0n) is 15.1. The molecule has 0 bridgehead atoms. The first-order valence-corrected chi connectivity index (χ1v) is 9.86. The van der Waals surface area contributed by atoms with Crippen LogP contribution in [-0.4, -0.2) is 49.5 Å². The predicted molar refractivity (Wildman–Crippen MR) is 103 cm³/mol. The third-order valence-corrected chi connectivity index (χ3v) is 5.47. The summed E-state index contributed by atoms with van der Waals surface area (Å²) in [6.45, 7) is 0.295. The van der Waals surface area contributed by atoms with Crippen molar-refractivity contribution >= 4 is 16.0 Å². The van der Waals surface area contributed by atoms with E-state index in [0.29, 0.717) is 11.1 Å². The topological polar surface area (TPSA) is 111 Å². The van der Waals surface area contributed by atoms with Crippen LogP contribution in [0.2, 0.25) is 0 Å². The van der Waals surface area contributed by atoms with Gasteiger partial charge in [0.25, 0.3) is 0 Å². The van der Waals surface area contributed by atoms with Gasteiger partial charge in [0, 0.05) is 26.0 Å². The highest BCUT2D eigenvalue weighted by molar-refractivity contribution is 7.89. The molecule has 9 heteroatoms. The van der Waals surface area contributed by atoms with Crippen molar-refractivity contribution in [2.45, 2.75) is 4.90 Å². The Bertz CT molecular complexity index is 1060. The molecule has 0 saturated heterocycles. The van der Waals surface area contributed by atoms with Crippen molar-refractivity contribution in [3.8, 4) is 16.8 Å². The van der Waals surface area contributed by atoms with Crippen LogP contribution in [0.15, 0.2) is 65.8 Å². The predicted octanol–water partition coefficient (Wildman–Crippen LogP) is 2.16. The number of methoxy groups -OCH3 is 1. The van der Waals surface area contributed by atoms with Crippen LogP contribution in [0, 0.1) is 0 Å². The van der Waals surface area contributed by atoms with Crippen molar-refractivity contribution in [1.29, 1.82) is 0 Å². The zero-order chi connectivity index (χ0) is 20.1. The first-order valence-electron chi connectivity index (χ1n) is 8.38. The molecule has 0 atom stereocenters. The highest BCUT2D eigenvalue weighted by Gasteiger charge is 2.18. The molecule has 0 spiro atoms. The standard InChI is InChI=1S/C19H19N3O5S/c1-27-10-8-21-28(25,26)18-12-15(11-16(13-18)19(23)24)14-3-5-17(6-4-14)22-9-2-7-20-22/h2-7,9,11-13,21H,8,10H2,1H3,(H,23,24). The summed E-state index contributed by atoms with van der Waals surface area (Å²) in [5.74, 6) is -1.21. The molecular formula is C19H19N3O5S. The number of carbonyl (C=O) groups is 1. The number of benzene rings is 2. The molecule has 0 fully saturated rings. The quantitative estimate of drug-likeness (QED) is 0.560. The van der Waals surface area contributed by atoms with Crippen LogP contribution < -0.4 is 4.72 Å². The zero-order valence-corrected chi connectivity index (χ0v) is 15.9. The average molecular weight is 401 g/mol. The molecule has 2 N–H and O–H groups in total. The second-order valence-corrected chi connectivity index (χ2v) is 7.71. The third-order valence-electron chi connectivity index (χ3n) is 4.03. The van der Waals surface area contributed by atoms with Gasteiger partial charge in [0.05, 0.1) is 22.8 Å². The van der Waals surface area contributed by atoms with Crippen molar-refractivity contribution in [3.05, 3.63) is 66.5 Å². The molecule has 0 aliphatic rings. The normalized spacial score (nSPS) is 11.5. The summed E-state index contributed by atoms with van der Waals surface area (Å²) in [6, 6.07) is 13.0. The Kier molecular flexibility index (Phi) is 5.88. The van der Waals surface area contributed by atoms with Gasteiger partial charge >= 0.3 is 5.97 Å². The van der Waals surface area contributed by atoms with E-state index in [9.17, 15) is 18.3 Å². The molecule has 0 radical (unpaired) electrons. The van der Waals surface area contributed by atoms with Crippen LogP contribution in [0.5, 0.6) is 0 Å². The smallest absolute Gasteiger partial charge is 0.335 e. The highest BCUT2D eigenvalue weighted by atomic mass is 32.2. The number of hydrogen-bond acceptors (Lipinski definition) is 5. The highest BCUT2D eigenvalue weighted by Crippen LogP contribution is 2.26.